The Hall–Kier alpha value is -0.940. The van der Waals surface area contributed by atoms with Gasteiger partial charge in [-0.05, 0) is 32.4 Å². The third-order valence-electron chi connectivity index (χ3n) is 3.89. The first-order valence-electron chi connectivity index (χ1n) is 7.03. The highest BCUT2D eigenvalue weighted by atomic mass is 16.2. The summed E-state index contributed by atoms with van der Waals surface area (Å²) in [5.74, 6) is -0.0268. The molecule has 1 unspecified atom stereocenters. The van der Waals surface area contributed by atoms with Gasteiger partial charge in [-0.15, -0.1) is 0 Å². The molecule has 18 heavy (non-hydrogen) atoms. The first-order chi connectivity index (χ1) is 8.74. The molecule has 0 aromatic heterocycles. The maximum absolute atomic E-state index is 12.2. The van der Waals surface area contributed by atoms with Crippen LogP contribution in [-0.2, 0) is 9.59 Å². The van der Waals surface area contributed by atoms with Crippen LogP contribution in [0, 0.1) is 0 Å². The van der Waals surface area contributed by atoms with E-state index in [0.717, 1.165) is 32.1 Å². The molecule has 1 heterocycles. The molecule has 102 valence electrons. The van der Waals surface area contributed by atoms with Crippen molar-refractivity contribution >= 4 is 11.8 Å². The molecule has 1 atom stereocenters. The molecule has 0 radical (unpaired) electrons. The Labute approximate surface area is 108 Å². The zero-order valence-electron chi connectivity index (χ0n) is 10.9. The minimum atomic E-state index is -0.314. The number of rotatable bonds is 5. The van der Waals surface area contributed by atoms with Gasteiger partial charge in [0.1, 0.15) is 0 Å². The van der Waals surface area contributed by atoms with Crippen molar-refractivity contribution in [2.75, 3.05) is 13.1 Å². The first kappa shape index (κ1) is 13.5. The molecular formula is C13H23N3O2. The SMILES string of the molecule is NCCCNC1CC(=O)N(C2CCCCC2)C1=O. The van der Waals surface area contributed by atoms with Crippen molar-refractivity contribution in [1.29, 1.82) is 0 Å². The van der Waals surface area contributed by atoms with Gasteiger partial charge in [0.25, 0.3) is 0 Å². The average molecular weight is 253 g/mol. The summed E-state index contributed by atoms with van der Waals surface area (Å²) in [6.45, 7) is 1.31. The minimum absolute atomic E-state index is 0.00264. The number of likely N-dealkylation sites (tertiary alicyclic amines) is 1. The highest BCUT2D eigenvalue weighted by Crippen LogP contribution is 2.27. The molecular weight excluding hydrogens is 230 g/mol. The number of carbonyl (C=O) groups excluding carboxylic acids is 2. The van der Waals surface area contributed by atoms with Crippen molar-refractivity contribution in [2.24, 2.45) is 5.73 Å². The number of nitrogens with one attached hydrogen (secondary N) is 1. The fraction of sp³-hybridized carbons (Fsp3) is 0.846. The lowest BCUT2D eigenvalue weighted by Gasteiger charge is -2.29. The monoisotopic (exact) mass is 253 g/mol. The van der Waals surface area contributed by atoms with Crippen LogP contribution in [0.5, 0.6) is 0 Å². The third-order valence-corrected chi connectivity index (χ3v) is 3.89. The molecule has 2 fully saturated rings. The highest BCUT2D eigenvalue weighted by Gasteiger charge is 2.41. The molecule has 2 amide bonds. The molecule has 1 aliphatic heterocycles. The second-order valence-electron chi connectivity index (χ2n) is 5.25. The van der Waals surface area contributed by atoms with Gasteiger partial charge in [0.05, 0.1) is 12.5 Å². The van der Waals surface area contributed by atoms with Gasteiger partial charge in [-0.2, -0.15) is 0 Å². The maximum atomic E-state index is 12.2. The summed E-state index contributed by atoms with van der Waals surface area (Å²) in [6.07, 6.45) is 6.60. The molecule has 3 N–H and O–H groups in total. The predicted octanol–water partition coefficient (Wildman–Crippen LogP) is 0.385. The average Bonchev–Trinajstić information content (AvgIpc) is 2.66. The van der Waals surface area contributed by atoms with E-state index in [-0.39, 0.29) is 23.9 Å². The van der Waals surface area contributed by atoms with Crippen LogP contribution in [0.1, 0.15) is 44.9 Å². The van der Waals surface area contributed by atoms with Gasteiger partial charge in [-0.25, -0.2) is 0 Å². The molecule has 5 nitrogen and oxygen atoms in total. The van der Waals surface area contributed by atoms with Gasteiger partial charge in [0, 0.05) is 6.04 Å². The standard InChI is InChI=1S/C13H23N3O2/c14-7-4-8-15-11-9-12(17)16(13(11)18)10-5-2-1-3-6-10/h10-11,15H,1-9,14H2. The van der Waals surface area contributed by atoms with Crippen LogP contribution >= 0.6 is 0 Å². The summed E-state index contributed by atoms with van der Waals surface area (Å²) in [7, 11) is 0. The Bertz CT molecular complexity index is 313. The van der Waals surface area contributed by atoms with E-state index in [1.54, 1.807) is 0 Å². The maximum Gasteiger partial charge on any atom is 0.247 e. The number of carbonyl (C=O) groups is 2. The van der Waals surface area contributed by atoms with E-state index in [4.69, 9.17) is 5.73 Å². The van der Waals surface area contributed by atoms with E-state index < -0.39 is 0 Å². The van der Waals surface area contributed by atoms with Crippen molar-refractivity contribution in [2.45, 2.75) is 57.0 Å². The van der Waals surface area contributed by atoms with Crippen LogP contribution in [0.3, 0.4) is 0 Å². The molecule has 5 heteroatoms. The third kappa shape index (κ3) is 2.90. The summed E-state index contributed by atoms with van der Waals surface area (Å²) < 4.78 is 0. The number of hydrogen-bond acceptors (Lipinski definition) is 4. The van der Waals surface area contributed by atoms with Gasteiger partial charge >= 0.3 is 0 Å². The van der Waals surface area contributed by atoms with E-state index in [0.29, 0.717) is 19.5 Å². The van der Waals surface area contributed by atoms with Crippen molar-refractivity contribution in [3.63, 3.8) is 0 Å². The lowest BCUT2D eigenvalue weighted by molar-refractivity contribution is -0.142. The van der Waals surface area contributed by atoms with Crippen LogP contribution in [0.15, 0.2) is 0 Å². The van der Waals surface area contributed by atoms with E-state index in [1.807, 2.05) is 0 Å². The van der Waals surface area contributed by atoms with Gasteiger partial charge in [0.15, 0.2) is 0 Å². The first-order valence-corrected chi connectivity index (χ1v) is 7.03. The molecule has 0 spiro atoms. The van der Waals surface area contributed by atoms with Gasteiger partial charge in [-0.3, -0.25) is 14.5 Å². The Kier molecular flexibility index (Phi) is 4.72. The van der Waals surface area contributed by atoms with Crippen LogP contribution in [0.25, 0.3) is 0 Å². The summed E-state index contributed by atoms with van der Waals surface area (Å²) in [6, 6.07) is -0.161. The molecule has 1 saturated carbocycles. The van der Waals surface area contributed by atoms with Gasteiger partial charge < -0.3 is 11.1 Å². The Morgan fingerprint density at radius 2 is 1.94 bits per heavy atom. The molecule has 1 aliphatic carbocycles. The Balaban J connectivity index is 1.91. The summed E-state index contributed by atoms with van der Waals surface area (Å²) in [5, 5.41) is 3.14. The van der Waals surface area contributed by atoms with Crippen LogP contribution in [0.4, 0.5) is 0 Å². The fourth-order valence-corrected chi connectivity index (χ4v) is 2.91. The molecule has 0 bridgehead atoms. The lowest BCUT2D eigenvalue weighted by Crippen LogP contribution is -2.45. The molecule has 2 aliphatic rings. The van der Waals surface area contributed by atoms with Crippen molar-refractivity contribution < 1.29 is 9.59 Å². The summed E-state index contributed by atoms with van der Waals surface area (Å²) >= 11 is 0. The van der Waals surface area contributed by atoms with E-state index >= 15 is 0 Å². The summed E-state index contributed by atoms with van der Waals surface area (Å²) in [5.41, 5.74) is 5.42. The molecule has 1 saturated heterocycles. The zero-order valence-corrected chi connectivity index (χ0v) is 10.9. The number of imide groups is 1. The summed E-state index contributed by atoms with van der Waals surface area (Å²) in [4.78, 5) is 25.7. The highest BCUT2D eigenvalue weighted by molar-refractivity contribution is 6.05. The second kappa shape index (κ2) is 6.29. The second-order valence-corrected chi connectivity index (χ2v) is 5.25. The molecule has 2 rings (SSSR count). The number of nitrogens with two attached hydrogens (primary N) is 1. The van der Waals surface area contributed by atoms with Crippen LogP contribution in [-0.4, -0.2) is 41.9 Å². The topological polar surface area (TPSA) is 75.4 Å². The van der Waals surface area contributed by atoms with Crippen molar-refractivity contribution in [3.8, 4) is 0 Å². The Morgan fingerprint density at radius 1 is 1.22 bits per heavy atom. The van der Waals surface area contributed by atoms with E-state index in [1.165, 1.54) is 11.3 Å². The van der Waals surface area contributed by atoms with Crippen LogP contribution < -0.4 is 11.1 Å². The minimum Gasteiger partial charge on any atom is -0.330 e. The van der Waals surface area contributed by atoms with Crippen LogP contribution in [0.2, 0.25) is 0 Å². The van der Waals surface area contributed by atoms with Crippen molar-refractivity contribution in [1.82, 2.24) is 10.2 Å². The normalized spacial score (nSPS) is 26.1. The Morgan fingerprint density at radius 3 is 2.61 bits per heavy atom. The lowest BCUT2D eigenvalue weighted by atomic mass is 9.94. The quantitative estimate of drug-likeness (QED) is 0.549. The van der Waals surface area contributed by atoms with Gasteiger partial charge in [0.2, 0.25) is 11.8 Å². The van der Waals surface area contributed by atoms with E-state index in [9.17, 15) is 9.59 Å². The zero-order chi connectivity index (χ0) is 13.0. The van der Waals surface area contributed by atoms with E-state index in [2.05, 4.69) is 5.32 Å². The number of hydrogen-bond donors (Lipinski definition) is 2. The number of nitrogens with zero attached hydrogens (tertiary/aromatic N) is 1. The largest absolute Gasteiger partial charge is 0.330 e. The van der Waals surface area contributed by atoms with Gasteiger partial charge in [-0.1, -0.05) is 19.3 Å². The predicted molar refractivity (Wildman–Crippen MR) is 68.8 cm³/mol. The molecule has 0 aromatic rings. The fourth-order valence-electron chi connectivity index (χ4n) is 2.91. The number of amides is 2. The van der Waals surface area contributed by atoms with Crippen molar-refractivity contribution in [3.05, 3.63) is 0 Å². The molecule has 0 aromatic carbocycles. The smallest absolute Gasteiger partial charge is 0.247 e.